The zero-order chi connectivity index (χ0) is 38.7. The Labute approximate surface area is 334 Å². The van der Waals surface area contributed by atoms with Crippen LogP contribution >= 0.6 is 0 Å². The Morgan fingerprint density at radius 3 is 0.636 bits per heavy atom. The quantitative estimate of drug-likeness (QED) is 0.0566. The van der Waals surface area contributed by atoms with Crippen LogP contribution in [0.3, 0.4) is 0 Å². The lowest BCUT2D eigenvalue weighted by molar-refractivity contribution is 0.111. The van der Waals surface area contributed by atoms with Crippen LogP contribution < -0.4 is 0 Å². The van der Waals surface area contributed by atoms with Gasteiger partial charge in [0.1, 0.15) is 30.5 Å². The fraction of sp³-hybridized carbons (Fsp3) is 1.00. The molecule has 6 heterocycles. The Morgan fingerprint density at radius 2 is 0.491 bits per heavy atom. The molecule has 320 valence electrons. The molecule has 15 nitrogen and oxygen atoms in total. The van der Waals surface area contributed by atoms with Crippen molar-refractivity contribution in [1.82, 2.24) is 0 Å². The van der Waals surface area contributed by atoms with E-state index in [1.807, 2.05) is 0 Å². The third-order valence-corrected chi connectivity index (χ3v) is 33.9. The standard InChI is InChI=1S/C35H70O15Si5/c1-51(16-6-11-36-21-31-26-41-31)46-52(2,17-7-12-37-22-32-27-42-32)48-54(4,19-9-14-39-24-34-29-44-34)50-55(5,20-10-15-40-25-35-30-45-35)49-53(3,47-51)18-8-13-38-23-33-28-43-33/h31-35H,6-30H2,1-5H3. The number of ether oxygens (including phenoxy) is 10. The summed E-state index contributed by atoms with van der Waals surface area (Å²) < 4.78 is 94.3. The van der Waals surface area contributed by atoms with E-state index in [-0.39, 0.29) is 30.5 Å². The SMILES string of the molecule is C[Si]1(CCCOCC2CO2)O[Si](C)(CCCOCC2CO2)O[Si](C)(CCCOCC2CO2)O[Si](C)(CCCOCC2CO2)O[Si](C)(CCCOCC2CO2)O1. The van der Waals surface area contributed by atoms with E-state index in [1.165, 1.54) is 0 Å². The van der Waals surface area contributed by atoms with E-state index in [1.54, 1.807) is 0 Å². The lowest BCUT2D eigenvalue weighted by Crippen LogP contribution is -2.67. The molecular weight excluding hydrogens is 801 g/mol. The van der Waals surface area contributed by atoms with Crippen molar-refractivity contribution in [3.05, 3.63) is 0 Å². The molecule has 55 heavy (non-hydrogen) atoms. The summed E-state index contributed by atoms with van der Waals surface area (Å²) >= 11 is 0. The molecule has 5 atom stereocenters. The molecule has 6 rings (SSSR count). The summed E-state index contributed by atoms with van der Waals surface area (Å²) in [7, 11) is -14.7. The molecule has 0 aromatic carbocycles. The molecule has 6 aliphatic heterocycles. The molecule has 0 N–H and O–H groups in total. The Hall–Kier alpha value is 0.484. The second kappa shape index (κ2) is 21.3. The van der Waals surface area contributed by atoms with Crippen molar-refractivity contribution < 1.29 is 67.9 Å². The highest BCUT2D eigenvalue weighted by atomic mass is 28.5. The molecule has 0 spiro atoms. The summed E-state index contributed by atoms with van der Waals surface area (Å²) in [6.07, 6.45) is 5.27. The first-order valence-electron chi connectivity index (χ1n) is 20.9. The van der Waals surface area contributed by atoms with Crippen LogP contribution in [0, 0.1) is 0 Å². The van der Waals surface area contributed by atoms with Crippen LogP contribution in [0.25, 0.3) is 0 Å². The average molecular weight is 871 g/mol. The van der Waals surface area contributed by atoms with Gasteiger partial charge >= 0.3 is 42.8 Å². The predicted octanol–water partition coefficient (Wildman–Crippen LogP) is 4.47. The fourth-order valence-corrected chi connectivity index (χ4v) is 36.3. The van der Waals surface area contributed by atoms with Crippen molar-refractivity contribution in [2.75, 3.05) is 99.1 Å². The van der Waals surface area contributed by atoms with Crippen molar-refractivity contribution in [2.24, 2.45) is 0 Å². The zero-order valence-corrected chi connectivity index (χ0v) is 39.2. The first-order chi connectivity index (χ1) is 26.4. The average Bonchev–Trinajstić information content (AvgIpc) is 3.90. The van der Waals surface area contributed by atoms with Gasteiger partial charge in [0.25, 0.3) is 0 Å². The van der Waals surface area contributed by atoms with Crippen molar-refractivity contribution in [3.8, 4) is 0 Å². The van der Waals surface area contributed by atoms with Gasteiger partial charge in [-0.3, -0.25) is 0 Å². The van der Waals surface area contributed by atoms with Crippen LogP contribution in [0.1, 0.15) is 32.1 Å². The molecule has 0 radical (unpaired) electrons. The third kappa shape index (κ3) is 18.3. The van der Waals surface area contributed by atoms with Gasteiger partial charge in [0.2, 0.25) is 0 Å². The van der Waals surface area contributed by atoms with E-state index in [0.717, 1.165) is 95.4 Å². The first-order valence-corrected chi connectivity index (χ1v) is 33.5. The molecule has 0 saturated carbocycles. The van der Waals surface area contributed by atoms with Gasteiger partial charge in [-0.1, -0.05) is 0 Å². The van der Waals surface area contributed by atoms with Gasteiger partial charge in [-0.05, 0) is 95.1 Å². The van der Waals surface area contributed by atoms with Crippen LogP contribution in [-0.4, -0.2) is 172 Å². The molecule has 0 aromatic rings. The first kappa shape index (κ1) is 45.0. The van der Waals surface area contributed by atoms with E-state index < -0.39 is 42.8 Å². The molecular formula is C35H70O15Si5. The van der Waals surface area contributed by atoms with E-state index in [4.69, 9.17) is 67.9 Å². The van der Waals surface area contributed by atoms with Gasteiger partial charge in [-0.15, -0.1) is 0 Å². The molecule has 0 bridgehead atoms. The van der Waals surface area contributed by atoms with E-state index in [2.05, 4.69) is 32.7 Å². The van der Waals surface area contributed by atoms with Gasteiger partial charge in [-0.25, -0.2) is 0 Å². The van der Waals surface area contributed by atoms with Crippen molar-refractivity contribution >= 4 is 42.8 Å². The van der Waals surface area contributed by atoms with Gasteiger partial charge in [0, 0.05) is 33.0 Å². The lowest BCUT2D eigenvalue weighted by Gasteiger charge is -2.50. The molecule has 0 aliphatic carbocycles. The Kier molecular flexibility index (Phi) is 17.5. The Balaban J connectivity index is 1.21. The minimum absolute atomic E-state index is 0.231. The minimum Gasteiger partial charge on any atom is -0.416 e. The Bertz CT molecular complexity index is 920. The normalized spacial score (nSPS) is 39.5. The number of epoxide rings is 5. The highest BCUT2D eigenvalue weighted by molar-refractivity contribution is 6.94. The van der Waals surface area contributed by atoms with Crippen molar-refractivity contribution in [1.29, 1.82) is 0 Å². The number of hydrogen-bond donors (Lipinski definition) is 0. The monoisotopic (exact) mass is 870 g/mol. The highest BCUT2D eigenvalue weighted by Gasteiger charge is 2.56. The van der Waals surface area contributed by atoms with Gasteiger partial charge in [0.15, 0.2) is 0 Å². The van der Waals surface area contributed by atoms with Gasteiger partial charge in [-0.2, -0.15) is 0 Å². The lowest BCUT2D eigenvalue weighted by atomic mass is 10.5. The molecule has 20 heteroatoms. The summed E-state index contributed by atoms with van der Waals surface area (Å²) in [5.74, 6) is 0. The van der Waals surface area contributed by atoms with Crippen LogP contribution in [0.4, 0.5) is 0 Å². The maximum absolute atomic E-state index is 7.49. The summed E-state index contributed by atoms with van der Waals surface area (Å²) in [6.45, 7) is 21.3. The molecule has 5 unspecified atom stereocenters. The van der Waals surface area contributed by atoms with Crippen LogP contribution in [-0.2, 0) is 67.9 Å². The Morgan fingerprint density at radius 1 is 0.327 bits per heavy atom. The highest BCUT2D eigenvalue weighted by Crippen LogP contribution is 2.39. The molecule has 6 fully saturated rings. The summed E-state index contributed by atoms with van der Waals surface area (Å²) in [5.41, 5.74) is 0. The number of rotatable bonds is 30. The predicted molar refractivity (Wildman–Crippen MR) is 213 cm³/mol. The summed E-state index contributed by atoms with van der Waals surface area (Å²) in [4.78, 5) is 0. The molecule has 6 aliphatic rings. The van der Waals surface area contributed by atoms with E-state index in [0.29, 0.717) is 66.1 Å². The molecule has 0 aromatic heterocycles. The minimum atomic E-state index is -2.93. The van der Waals surface area contributed by atoms with Gasteiger partial charge in [0.05, 0.1) is 66.1 Å². The van der Waals surface area contributed by atoms with Crippen LogP contribution in [0.15, 0.2) is 0 Å². The smallest absolute Gasteiger partial charge is 0.317 e. The topological polar surface area (TPSA) is 155 Å². The van der Waals surface area contributed by atoms with E-state index in [9.17, 15) is 0 Å². The maximum atomic E-state index is 7.49. The maximum Gasteiger partial charge on any atom is 0.317 e. The fourth-order valence-electron chi connectivity index (χ4n) is 7.27. The third-order valence-electron chi connectivity index (χ3n) is 10.3. The molecule has 0 amide bonds. The van der Waals surface area contributed by atoms with Crippen molar-refractivity contribution in [2.45, 2.75) is 126 Å². The number of hydrogen-bond acceptors (Lipinski definition) is 15. The van der Waals surface area contributed by atoms with Gasteiger partial charge < -0.3 is 67.9 Å². The second-order valence-electron chi connectivity index (χ2n) is 16.8. The largest absolute Gasteiger partial charge is 0.416 e. The molecule has 6 saturated heterocycles. The van der Waals surface area contributed by atoms with Crippen molar-refractivity contribution in [3.63, 3.8) is 0 Å². The zero-order valence-electron chi connectivity index (χ0n) is 34.2. The van der Waals surface area contributed by atoms with Crippen LogP contribution in [0.5, 0.6) is 0 Å². The summed E-state index contributed by atoms with van der Waals surface area (Å²) in [5, 5.41) is 0. The second-order valence-corrected chi connectivity index (χ2v) is 34.8. The van der Waals surface area contributed by atoms with Crippen LogP contribution in [0.2, 0.25) is 63.0 Å². The summed E-state index contributed by atoms with van der Waals surface area (Å²) in [6, 6.07) is 3.85. The van der Waals surface area contributed by atoms with E-state index >= 15 is 0 Å².